The summed E-state index contributed by atoms with van der Waals surface area (Å²) in [6.45, 7) is 0. The Hall–Kier alpha value is -2.06. The molecule has 0 fully saturated rings. The van der Waals surface area contributed by atoms with Crippen LogP contribution in [0.4, 0.5) is 13.2 Å². The predicted octanol–water partition coefficient (Wildman–Crippen LogP) is 3.29. The van der Waals surface area contributed by atoms with Crippen LogP contribution in [0.25, 0.3) is 0 Å². The maximum atomic E-state index is 13.1. The van der Waals surface area contributed by atoms with Gasteiger partial charge in [0.15, 0.2) is 0 Å². The van der Waals surface area contributed by atoms with Gasteiger partial charge in [0.1, 0.15) is 11.9 Å². The molecule has 0 radical (unpaired) electrons. The van der Waals surface area contributed by atoms with Crippen LogP contribution in [0.15, 0.2) is 47.4 Å². The van der Waals surface area contributed by atoms with Crippen LogP contribution in [0.5, 0.6) is 5.75 Å². The van der Waals surface area contributed by atoms with E-state index in [4.69, 9.17) is 9.88 Å². The Kier molecular flexibility index (Phi) is 4.51. The molecule has 0 amide bonds. The highest BCUT2D eigenvalue weighted by atomic mass is 32.2. The maximum Gasteiger partial charge on any atom is 0.416 e. The molecule has 2 aromatic rings. The third kappa shape index (κ3) is 3.96. The van der Waals surface area contributed by atoms with Gasteiger partial charge in [-0.2, -0.15) is 13.2 Å². The monoisotopic (exact) mass is 371 g/mol. The molecule has 1 unspecified atom stereocenters. The van der Waals surface area contributed by atoms with E-state index in [0.29, 0.717) is 24.2 Å². The number of benzene rings is 2. The van der Waals surface area contributed by atoms with Crippen LogP contribution in [0.3, 0.4) is 0 Å². The van der Waals surface area contributed by atoms with Crippen molar-refractivity contribution in [1.82, 2.24) is 0 Å². The zero-order valence-corrected chi connectivity index (χ0v) is 13.9. The molecule has 3 rings (SSSR count). The highest BCUT2D eigenvalue weighted by molar-refractivity contribution is 7.89. The van der Waals surface area contributed by atoms with Crippen LogP contribution in [0.1, 0.15) is 23.1 Å². The summed E-state index contributed by atoms with van der Waals surface area (Å²) < 4.78 is 67.8. The van der Waals surface area contributed by atoms with Crippen LogP contribution < -0.4 is 9.88 Å². The van der Waals surface area contributed by atoms with Crippen LogP contribution in [-0.4, -0.2) is 14.5 Å². The van der Waals surface area contributed by atoms with Crippen LogP contribution >= 0.6 is 0 Å². The minimum atomic E-state index is -4.41. The SMILES string of the molecule is NS(=O)(=O)c1ccc2c(c1)CCC(Cc1ccccc1C(F)(F)F)O2. The van der Waals surface area contributed by atoms with Gasteiger partial charge in [0.25, 0.3) is 0 Å². The molecule has 0 saturated carbocycles. The molecule has 0 bridgehead atoms. The summed E-state index contributed by atoms with van der Waals surface area (Å²) in [5, 5.41) is 5.10. The molecule has 0 spiro atoms. The number of rotatable bonds is 3. The fourth-order valence-corrected chi connectivity index (χ4v) is 3.53. The Morgan fingerprint density at radius 2 is 1.88 bits per heavy atom. The minimum Gasteiger partial charge on any atom is -0.490 e. The lowest BCUT2D eigenvalue weighted by atomic mass is 9.95. The van der Waals surface area contributed by atoms with Crippen molar-refractivity contribution in [2.24, 2.45) is 5.14 Å². The lowest BCUT2D eigenvalue weighted by Crippen LogP contribution is -2.26. The summed E-state index contributed by atoms with van der Waals surface area (Å²) in [6, 6.07) is 9.72. The van der Waals surface area contributed by atoms with Gasteiger partial charge in [-0.15, -0.1) is 0 Å². The van der Waals surface area contributed by atoms with E-state index >= 15 is 0 Å². The van der Waals surface area contributed by atoms with Gasteiger partial charge in [-0.1, -0.05) is 18.2 Å². The molecule has 25 heavy (non-hydrogen) atoms. The Balaban J connectivity index is 1.81. The first-order chi connectivity index (χ1) is 11.6. The van der Waals surface area contributed by atoms with Gasteiger partial charge in [0, 0.05) is 6.42 Å². The van der Waals surface area contributed by atoms with Gasteiger partial charge in [-0.3, -0.25) is 0 Å². The Morgan fingerprint density at radius 1 is 1.16 bits per heavy atom. The second kappa shape index (κ2) is 6.34. The van der Waals surface area contributed by atoms with Gasteiger partial charge < -0.3 is 4.74 Å². The minimum absolute atomic E-state index is 0.00397. The molecular weight excluding hydrogens is 355 g/mol. The van der Waals surface area contributed by atoms with E-state index in [1.54, 1.807) is 6.07 Å². The van der Waals surface area contributed by atoms with Crippen LogP contribution in [0.2, 0.25) is 0 Å². The predicted molar refractivity (Wildman–Crippen MR) is 85.7 cm³/mol. The smallest absolute Gasteiger partial charge is 0.416 e. The molecule has 134 valence electrons. The topological polar surface area (TPSA) is 69.4 Å². The van der Waals surface area contributed by atoms with Crippen molar-refractivity contribution in [2.75, 3.05) is 0 Å². The summed E-state index contributed by atoms with van der Waals surface area (Å²) >= 11 is 0. The second-order valence-corrected chi connectivity index (χ2v) is 7.51. The van der Waals surface area contributed by atoms with E-state index in [2.05, 4.69) is 0 Å². The largest absolute Gasteiger partial charge is 0.490 e. The number of aryl methyl sites for hydroxylation is 1. The quantitative estimate of drug-likeness (QED) is 0.900. The normalized spacial score (nSPS) is 17.7. The molecule has 8 heteroatoms. The highest BCUT2D eigenvalue weighted by Gasteiger charge is 2.34. The molecule has 0 saturated heterocycles. The molecule has 4 nitrogen and oxygen atoms in total. The summed E-state index contributed by atoms with van der Waals surface area (Å²) in [7, 11) is -3.80. The Morgan fingerprint density at radius 3 is 2.56 bits per heavy atom. The molecular formula is C17H16F3NO3S. The Bertz CT molecular complexity index is 894. The number of ether oxygens (including phenoxy) is 1. The molecule has 1 atom stereocenters. The van der Waals surface area contributed by atoms with Crippen molar-refractivity contribution in [2.45, 2.75) is 36.4 Å². The van der Waals surface area contributed by atoms with Gasteiger partial charge in [0.05, 0.1) is 10.5 Å². The average molecular weight is 371 g/mol. The third-order valence-corrected chi connectivity index (χ3v) is 5.07. The molecule has 1 aliphatic heterocycles. The summed E-state index contributed by atoms with van der Waals surface area (Å²) in [6.07, 6.45) is -3.68. The zero-order chi connectivity index (χ0) is 18.2. The van der Waals surface area contributed by atoms with Crippen molar-refractivity contribution in [3.8, 4) is 5.75 Å². The molecule has 1 aliphatic rings. The zero-order valence-electron chi connectivity index (χ0n) is 13.1. The first-order valence-electron chi connectivity index (χ1n) is 7.62. The number of fused-ring (bicyclic) bond motifs is 1. The van der Waals surface area contributed by atoms with Crippen molar-refractivity contribution in [3.05, 3.63) is 59.2 Å². The average Bonchev–Trinajstić information content (AvgIpc) is 2.53. The van der Waals surface area contributed by atoms with Crippen molar-refractivity contribution < 1.29 is 26.3 Å². The fourth-order valence-electron chi connectivity index (χ4n) is 2.96. The van der Waals surface area contributed by atoms with E-state index in [1.165, 1.54) is 30.3 Å². The second-order valence-electron chi connectivity index (χ2n) is 5.95. The van der Waals surface area contributed by atoms with Gasteiger partial charge >= 0.3 is 6.18 Å². The number of sulfonamides is 1. The number of halogens is 3. The van der Waals surface area contributed by atoms with E-state index in [-0.39, 0.29) is 16.9 Å². The van der Waals surface area contributed by atoms with Gasteiger partial charge in [-0.25, -0.2) is 13.6 Å². The van der Waals surface area contributed by atoms with E-state index in [0.717, 1.165) is 6.07 Å². The first kappa shape index (κ1) is 17.8. The van der Waals surface area contributed by atoms with Gasteiger partial charge in [0.2, 0.25) is 10.0 Å². The van der Waals surface area contributed by atoms with Crippen molar-refractivity contribution in [3.63, 3.8) is 0 Å². The number of hydrogen-bond donors (Lipinski definition) is 1. The van der Waals surface area contributed by atoms with Crippen molar-refractivity contribution in [1.29, 1.82) is 0 Å². The molecule has 0 aliphatic carbocycles. The summed E-state index contributed by atoms with van der Waals surface area (Å²) in [5.41, 5.74) is 0.213. The van der Waals surface area contributed by atoms with Gasteiger partial charge in [-0.05, 0) is 48.2 Å². The Labute approximate surface area is 143 Å². The highest BCUT2D eigenvalue weighted by Crippen LogP contribution is 2.35. The molecule has 2 N–H and O–H groups in total. The third-order valence-electron chi connectivity index (χ3n) is 4.16. The fraction of sp³-hybridized carbons (Fsp3) is 0.294. The van der Waals surface area contributed by atoms with E-state index in [9.17, 15) is 21.6 Å². The number of primary sulfonamides is 1. The van der Waals surface area contributed by atoms with Crippen LogP contribution in [0, 0.1) is 0 Å². The standard InChI is InChI=1S/C17H16F3NO3S/c18-17(19,20)15-4-2-1-3-11(15)9-13-6-5-12-10-14(25(21,22)23)7-8-16(12)24-13/h1-4,7-8,10,13H,5-6,9H2,(H2,21,22,23). The van der Waals surface area contributed by atoms with E-state index in [1.807, 2.05) is 0 Å². The van der Waals surface area contributed by atoms with Crippen LogP contribution in [-0.2, 0) is 29.0 Å². The lowest BCUT2D eigenvalue weighted by molar-refractivity contribution is -0.138. The first-order valence-corrected chi connectivity index (χ1v) is 9.17. The van der Waals surface area contributed by atoms with E-state index < -0.39 is 27.9 Å². The molecule has 2 aromatic carbocycles. The molecule has 1 heterocycles. The summed E-state index contributed by atoms with van der Waals surface area (Å²) in [5.74, 6) is 0.480. The number of nitrogens with two attached hydrogens (primary N) is 1. The number of hydrogen-bond acceptors (Lipinski definition) is 3. The number of alkyl halides is 3. The van der Waals surface area contributed by atoms with Crippen molar-refractivity contribution >= 4 is 10.0 Å². The lowest BCUT2D eigenvalue weighted by Gasteiger charge is -2.27. The molecule has 0 aromatic heterocycles. The summed E-state index contributed by atoms with van der Waals surface area (Å²) in [4.78, 5) is -0.00397. The maximum absolute atomic E-state index is 13.1.